The molecule has 6 heteroatoms. The second-order valence-corrected chi connectivity index (χ2v) is 5.58. The molecule has 0 spiro atoms. The molecule has 0 bridgehead atoms. The predicted octanol–water partition coefficient (Wildman–Crippen LogP) is 2.63. The average Bonchev–Trinajstić information content (AvgIpc) is 2.50. The van der Waals surface area contributed by atoms with E-state index in [1.54, 1.807) is 25.1 Å². The molecule has 0 radical (unpaired) electrons. The van der Waals surface area contributed by atoms with Gasteiger partial charge in [-0.25, -0.2) is 4.79 Å². The molecule has 0 aliphatic heterocycles. The summed E-state index contributed by atoms with van der Waals surface area (Å²) in [5.74, 6) is -1.05. The molecule has 1 aromatic carbocycles. The molecule has 116 valence electrons. The van der Waals surface area contributed by atoms with Crippen molar-refractivity contribution < 1.29 is 14.7 Å². The molecule has 22 heavy (non-hydrogen) atoms. The number of urea groups is 1. The molecule has 1 aliphatic rings. The summed E-state index contributed by atoms with van der Waals surface area (Å²) >= 11 is 0. The van der Waals surface area contributed by atoms with E-state index in [4.69, 9.17) is 10.4 Å². The van der Waals surface area contributed by atoms with Gasteiger partial charge in [-0.3, -0.25) is 4.79 Å². The van der Waals surface area contributed by atoms with E-state index in [1.807, 2.05) is 0 Å². The predicted molar refractivity (Wildman–Crippen MR) is 81.4 cm³/mol. The highest BCUT2D eigenvalue weighted by Crippen LogP contribution is 2.24. The highest BCUT2D eigenvalue weighted by molar-refractivity contribution is 5.90. The van der Waals surface area contributed by atoms with Crippen LogP contribution in [0.4, 0.5) is 10.5 Å². The van der Waals surface area contributed by atoms with Crippen molar-refractivity contribution in [1.29, 1.82) is 5.26 Å². The molecule has 0 heterocycles. The highest BCUT2D eigenvalue weighted by Gasteiger charge is 2.26. The molecule has 1 aliphatic carbocycles. The summed E-state index contributed by atoms with van der Waals surface area (Å²) in [6.45, 7) is 1.78. The lowest BCUT2D eigenvalue weighted by Gasteiger charge is -2.27. The number of benzene rings is 1. The first-order chi connectivity index (χ1) is 10.5. The van der Waals surface area contributed by atoms with E-state index in [1.165, 1.54) is 0 Å². The average molecular weight is 301 g/mol. The lowest BCUT2D eigenvalue weighted by Crippen LogP contribution is -2.41. The van der Waals surface area contributed by atoms with Gasteiger partial charge in [0.25, 0.3) is 0 Å². The number of anilines is 1. The van der Waals surface area contributed by atoms with Gasteiger partial charge in [0.15, 0.2) is 0 Å². The van der Waals surface area contributed by atoms with Crippen LogP contribution in [0.15, 0.2) is 18.2 Å². The van der Waals surface area contributed by atoms with Crippen LogP contribution in [0.1, 0.15) is 36.8 Å². The molecule has 0 aromatic heterocycles. The maximum absolute atomic E-state index is 12.0. The lowest BCUT2D eigenvalue weighted by molar-refractivity contribution is -0.142. The Balaban J connectivity index is 1.89. The van der Waals surface area contributed by atoms with E-state index >= 15 is 0 Å². The Hall–Kier alpha value is -2.55. The first-order valence-corrected chi connectivity index (χ1v) is 7.31. The molecule has 6 nitrogen and oxygen atoms in total. The smallest absolute Gasteiger partial charge is 0.319 e. The van der Waals surface area contributed by atoms with Gasteiger partial charge in [-0.15, -0.1) is 0 Å². The quantitative estimate of drug-likeness (QED) is 0.798. The van der Waals surface area contributed by atoms with Gasteiger partial charge in [-0.05, 0) is 50.3 Å². The van der Waals surface area contributed by atoms with Crippen molar-refractivity contribution in [2.45, 2.75) is 38.6 Å². The van der Waals surface area contributed by atoms with E-state index < -0.39 is 5.97 Å². The van der Waals surface area contributed by atoms with Gasteiger partial charge in [-0.1, -0.05) is 6.07 Å². The van der Waals surface area contributed by atoms with Crippen LogP contribution in [0.3, 0.4) is 0 Å². The fourth-order valence-electron chi connectivity index (χ4n) is 2.72. The molecular weight excluding hydrogens is 282 g/mol. The number of hydrogen-bond donors (Lipinski definition) is 3. The zero-order valence-electron chi connectivity index (χ0n) is 12.4. The Morgan fingerprint density at radius 1 is 1.27 bits per heavy atom. The number of amides is 2. The lowest BCUT2D eigenvalue weighted by atomic mass is 9.86. The van der Waals surface area contributed by atoms with Crippen LogP contribution in [0.25, 0.3) is 0 Å². The molecule has 1 aromatic rings. The Morgan fingerprint density at radius 2 is 1.95 bits per heavy atom. The van der Waals surface area contributed by atoms with Crippen molar-refractivity contribution in [2.24, 2.45) is 5.92 Å². The Morgan fingerprint density at radius 3 is 2.55 bits per heavy atom. The van der Waals surface area contributed by atoms with Gasteiger partial charge in [0, 0.05) is 11.7 Å². The van der Waals surface area contributed by atoms with Crippen molar-refractivity contribution >= 4 is 17.7 Å². The number of hydrogen-bond acceptors (Lipinski definition) is 3. The Bertz CT molecular complexity index is 614. The topological polar surface area (TPSA) is 102 Å². The fourth-order valence-corrected chi connectivity index (χ4v) is 2.72. The van der Waals surface area contributed by atoms with E-state index in [0.717, 1.165) is 5.56 Å². The number of nitrogens with one attached hydrogen (secondary N) is 2. The van der Waals surface area contributed by atoms with Crippen LogP contribution in [-0.2, 0) is 4.79 Å². The largest absolute Gasteiger partial charge is 0.481 e. The Kier molecular flexibility index (Phi) is 4.99. The Labute approximate surface area is 129 Å². The van der Waals surface area contributed by atoms with Gasteiger partial charge in [0.05, 0.1) is 17.6 Å². The third-order valence-corrected chi connectivity index (χ3v) is 4.11. The number of carbonyl (C=O) groups excluding carboxylic acids is 1. The number of carbonyl (C=O) groups is 2. The molecule has 2 rings (SSSR count). The van der Waals surface area contributed by atoms with Crippen LogP contribution in [-0.4, -0.2) is 23.1 Å². The van der Waals surface area contributed by atoms with Crippen molar-refractivity contribution in [2.75, 3.05) is 5.32 Å². The standard InChI is InChI=1S/C16H19N3O3/c1-10-12(9-17)3-2-4-14(10)19-16(22)18-13-7-5-11(6-8-13)15(20)21/h2-4,11,13H,5-8H2,1H3,(H,20,21)(H2,18,19,22). The zero-order valence-corrected chi connectivity index (χ0v) is 12.4. The van der Waals surface area contributed by atoms with Crippen LogP contribution in [0.2, 0.25) is 0 Å². The summed E-state index contributed by atoms with van der Waals surface area (Å²) in [7, 11) is 0. The van der Waals surface area contributed by atoms with Gasteiger partial charge in [0.2, 0.25) is 0 Å². The summed E-state index contributed by atoms with van der Waals surface area (Å²) in [5.41, 5.74) is 1.87. The summed E-state index contributed by atoms with van der Waals surface area (Å²) in [5, 5.41) is 23.6. The van der Waals surface area contributed by atoms with E-state index in [9.17, 15) is 9.59 Å². The number of rotatable bonds is 3. The minimum atomic E-state index is -0.758. The van der Waals surface area contributed by atoms with Gasteiger partial charge >= 0.3 is 12.0 Å². The number of nitriles is 1. The molecule has 1 saturated carbocycles. The van der Waals surface area contributed by atoms with Gasteiger partial charge in [0.1, 0.15) is 0 Å². The van der Waals surface area contributed by atoms with E-state index in [0.29, 0.717) is 36.9 Å². The van der Waals surface area contributed by atoms with Crippen molar-refractivity contribution in [3.05, 3.63) is 29.3 Å². The SMILES string of the molecule is Cc1c(C#N)cccc1NC(=O)NC1CCC(C(=O)O)CC1. The number of carboxylic acids is 1. The normalized spacial score (nSPS) is 20.7. The summed E-state index contributed by atoms with van der Waals surface area (Å²) in [6.07, 6.45) is 2.51. The molecular formula is C16H19N3O3. The molecule has 0 unspecified atom stereocenters. The van der Waals surface area contributed by atoms with E-state index in [-0.39, 0.29) is 18.0 Å². The maximum Gasteiger partial charge on any atom is 0.319 e. The van der Waals surface area contributed by atoms with Crippen molar-refractivity contribution in [3.63, 3.8) is 0 Å². The second kappa shape index (κ2) is 6.94. The van der Waals surface area contributed by atoms with Crippen LogP contribution < -0.4 is 10.6 Å². The van der Waals surface area contributed by atoms with Crippen LogP contribution >= 0.6 is 0 Å². The first kappa shape index (κ1) is 15.8. The zero-order chi connectivity index (χ0) is 16.1. The molecule has 0 saturated heterocycles. The van der Waals surface area contributed by atoms with Crippen LogP contribution in [0.5, 0.6) is 0 Å². The summed E-state index contributed by atoms with van der Waals surface area (Å²) in [6, 6.07) is 6.92. The third kappa shape index (κ3) is 3.76. The number of nitrogens with zero attached hydrogens (tertiary/aromatic N) is 1. The third-order valence-electron chi connectivity index (χ3n) is 4.11. The van der Waals surface area contributed by atoms with Gasteiger partial charge < -0.3 is 15.7 Å². The summed E-state index contributed by atoms with van der Waals surface area (Å²) in [4.78, 5) is 22.9. The molecule has 3 N–H and O–H groups in total. The summed E-state index contributed by atoms with van der Waals surface area (Å²) < 4.78 is 0. The highest BCUT2D eigenvalue weighted by atomic mass is 16.4. The van der Waals surface area contributed by atoms with Crippen molar-refractivity contribution in [1.82, 2.24) is 5.32 Å². The second-order valence-electron chi connectivity index (χ2n) is 5.58. The number of aliphatic carboxylic acids is 1. The van der Waals surface area contributed by atoms with Crippen molar-refractivity contribution in [3.8, 4) is 6.07 Å². The molecule has 1 fully saturated rings. The first-order valence-electron chi connectivity index (χ1n) is 7.31. The minimum Gasteiger partial charge on any atom is -0.481 e. The van der Waals surface area contributed by atoms with Gasteiger partial charge in [-0.2, -0.15) is 5.26 Å². The fraction of sp³-hybridized carbons (Fsp3) is 0.438. The number of carboxylic acid groups (broad SMARTS) is 1. The monoisotopic (exact) mass is 301 g/mol. The molecule has 2 amide bonds. The van der Waals surface area contributed by atoms with E-state index in [2.05, 4.69) is 16.7 Å². The maximum atomic E-state index is 12.0. The van der Waals surface area contributed by atoms with Crippen LogP contribution in [0, 0.1) is 24.2 Å². The minimum absolute atomic E-state index is 0.00458. The molecule has 0 atom stereocenters.